The highest BCUT2D eigenvalue weighted by atomic mass is 16.3. The zero-order valence-electron chi connectivity index (χ0n) is 9.32. The minimum absolute atomic E-state index is 0.110. The van der Waals surface area contributed by atoms with E-state index in [-0.39, 0.29) is 18.6 Å². The number of likely N-dealkylation sites (tertiary alicyclic amines) is 1. The van der Waals surface area contributed by atoms with E-state index in [1.54, 1.807) is 0 Å². The van der Waals surface area contributed by atoms with E-state index < -0.39 is 0 Å². The van der Waals surface area contributed by atoms with Gasteiger partial charge in [0.15, 0.2) is 0 Å². The summed E-state index contributed by atoms with van der Waals surface area (Å²) in [5.74, 6) is 0.899. The molecule has 0 aromatic heterocycles. The van der Waals surface area contributed by atoms with Crippen molar-refractivity contribution < 1.29 is 9.90 Å². The maximum Gasteiger partial charge on any atom is 0.223 e. The van der Waals surface area contributed by atoms with Gasteiger partial charge in [0.05, 0.1) is 12.6 Å². The van der Waals surface area contributed by atoms with Gasteiger partial charge in [-0.05, 0) is 31.6 Å². The van der Waals surface area contributed by atoms with Crippen molar-refractivity contribution in [2.45, 2.75) is 51.0 Å². The molecule has 2 aliphatic rings. The molecule has 1 atom stereocenters. The Kier molecular flexibility index (Phi) is 3.62. The summed E-state index contributed by atoms with van der Waals surface area (Å²) in [6.07, 6.45) is 7.79. The Morgan fingerprint density at radius 3 is 2.60 bits per heavy atom. The third kappa shape index (κ3) is 2.51. The van der Waals surface area contributed by atoms with Crippen LogP contribution < -0.4 is 0 Å². The van der Waals surface area contributed by atoms with Crippen LogP contribution >= 0.6 is 0 Å². The van der Waals surface area contributed by atoms with E-state index in [2.05, 4.69) is 0 Å². The number of carbonyl (C=O) groups is 1. The van der Waals surface area contributed by atoms with Gasteiger partial charge >= 0.3 is 0 Å². The van der Waals surface area contributed by atoms with Gasteiger partial charge in [0.2, 0.25) is 5.91 Å². The van der Waals surface area contributed by atoms with Crippen LogP contribution in [0.4, 0.5) is 0 Å². The third-order valence-corrected chi connectivity index (χ3v) is 3.85. The standard InChI is InChI=1S/C12H21NO2/c14-9-11-6-3-7-13(11)12(15)8-10-4-1-2-5-10/h10-11,14H,1-9H2. The number of aliphatic hydroxyl groups is 1. The highest BCUT2D eigenvalue weighted by molar-refractivity contribution is 5.77. The van der Waals surface area contributed by atoms with Gasteiger partial charge in [0.25, 0.3) is 0 Å². The lowest BCUT2D eigenvalue weighted by molar-refractivity contribution is -0.133. The predicted molar refractivity (Wildman–Crippen MR) is 58.4 cm³/mol. The van der Waals surface area contributed by atoms with Gasteiger partial charge in [-0.2, -0.15) is 0 Å². The Morgan fingerprint density at radius 1 is 1.20 bits per heavy atom. The van der Waals surface area contributed by atoms with Crippen LogP contribution in [0.1, 0.15) is 44.9 Å². The molecule has 1 saturated carbocycles. The van der Waals surface area contributed by atoms with E-state index in [1.165, 1.54) is 25.7 Å². The highest BCUT2D eigenvalue weighted by Crippen LogP contribution is 2.29. The van der Waals surface area contributed by atoms with E-state index in [4.69, 9.17) is 5.11 Å². The molecule has 1 amide bonds. The second-order valence-corrected chi connectivity index (χ2v) is 4.92. The number of nitrogens with zero attached hydrogens (tertiary/aromatic N) is 1. The first-order valence-corrected chi connectivity index (χ1v) is 6.21. The summed E-state index contributed by atoms with van der Waals surface area (Å²) in [6.45, 7) is 0.993. The summed E-state index contributed by atoms with van der Waals surface area (Å²) in [4.78, 5) is 13.9. The van der Waals surface area contributed by atoms with Gasteiger partial charge in [-0.15, -0.1) is 0 Å². The molecule has 86 valence electrons. The number of hydrogen-bond donors (Lipinski definition) is 1. The molecule has 0 aromatic rings. The molecule has 1 saturated heterocycles. The van der Waals surface area contributed by atoms with Crippen LogP contribution in [0.5, 0.6) is 0 Å². The van der Waals surface area contributed by atoms with Crippen LogP contribution in [-0.4, -0.2) is 35.1 Å². The minimum Gasteiger partial charge on any atom is -0.394 e. The van der Waals surface area contributed by atoms with Crippen molar-refractivity contribution in [3.8, 4) is 0 Å². The monoisotopic (exact) mass is 211 g/mol. The zero-order valence-corrected chi connectivity index (χ0v) is 9.32. The molecule has 1 aliphatic heterocycles. The molecular formula is C12H21NO2. The Labute approximate surface area is 91.5 Å². The maximum absolute atomic E-state index is 12.0. The third-order valence-electron chi connectivity index (χ3n) is 3.85. The molecule has 1 unspecified atom stereocenters. The Morgan fingerprint density at radius 2 is 1.93 bits per heavy atom. The van der Waals surface area contributed by atoms with E-state index >= 15 is 0 Å². The van der Waals surface area contributed by atoms with Crippen LogP contribution in [0.3, 0.4) is 0 Å². The first-order chi connectivity index (χ1) is 7.31. The lowest BCUT2D eigenvalue weighted by Crippen LogP contribution is -2.38. The van der Waals surface area contributed by atoms with Gasteiger partial charge in [-0.3, -0.25) is 4.79 Å². The normalized spacial score (nSPS) is 27.5. The van der Waals surface area contributed by atoms with Crippen LogP contribution in [-0.2, 0) is 4.79 Å². The van der Waals surface area contributed by atoms with Crippen molar-refractivity contribution in [2.75, 3.05) is 13.2 Å². The number of rotatable bonds is 3. The maximum atomic E-state index is 12.0. The fraction of sp³-hybridized carbons (Fsp3) is 0.917. The first kappa shape index (κ1) is 10.9. The lowest BCUT2D eigenvalue weighted by atomic mass is 10.0. The summed E-state index contributed by atoms with van der Waals surface area (Å²) < 4.78 is 0. The molecule has 1 aliphatic carbocycles. The van der Waals surface area contributed by atoms with Crippen molar-refractivity contribution in [3.63, 3.8) is 0 Å². The minimum atomic E-state index is 0.110. The first-order valence-electron chi connectivity index (χ1n) is 6.21. The summed E-state index contributed by atoms with van der Waals surface area (Å²) in [7, 11) is 0. The van der Waals surface area contributed by atoms with E-state index in [0.29, 0.717) is 5.92 Å². The van der Waals surface area contributed by atoms with E-state index in [0.717, 1.165) is 25.8 Å². The number of hydrogen-bond acceptors (Lipinski definition) is 2. The largest absolute Gasteiger partial charge is 0.394 e. The van der Waals surface area contributed by atoms with Crippen LogP contribution in [0, 0.1) is 5.92 Å². The quantitative estimate of drug-likeness (QED) is 0.769. The second-order valence-electron chi connectivity index (χ2n) is 4.92. The SMILES string of the molecule is O=C(CC1CCCC1)N1CCCC1CO. The lowest BCUT2D eigenvalue weighted by Gasteiger charge is -2.24. The average molecular weight is 211 g/mol. The number of aliphatic hydroxyl groups excluding tert-OH is 1. The van der Waals surface area contributed by atoms with Crippen LogP contribution in [0.2, 0.25) is 0 Å². The highest BCUT2D eigenvalue weighted by Gasteiger charge is 2.29. The molecule has 1 heterocycles. The van der Waals surface area contributed by atoms with E-state index in [9.17, 15) is 4.79 Å². The Hall–Kier alpha value is -0.570. The molecule has 2 fully saturated rings. The van der Waals surface area contributed by atoms with Gasteiger partial charge in [0.1, 0.15) is 0 Å². The molecule has 0 radical (unpaired) electrons. The fourth-order valence-corrected chi connectivity index (χ4v) is 2.93. The summed E-state index contributed by atoms with van der Waals surface area (Å²) in [5.41, 5.74) is 0. The molecule has 1 N–H and O–H groups in total. The topological polar surface area (TPSA) is 40.5 Å². The molecule has 0 aromatic carbocycles. The summed E-state index contributed by atoms with van der Waals surface area (Å²) in [6, 6.07) is 0.110. The van der Waals surface area contributed by atoms with Crippen molar-refractivity contribution in [1.82, 2.24) is 4.90 Å². The van der Waals surface area contributed by atoms with E-state index in [1.807, 2.05) is 4.90 Å². The number of carbonyl (C=O) groups excluding carboxylic acids is 1. The van der Waals surface area contributed by atoms with Crippen LogP contribution in [0.25, 0.3) is 0 Å². The van der Waals surface area contributed by atoms with Crippen LogP contribution in [0.15, 0.2) is 0 Å². The smallest absolute Gasteiger partial charge is 0.223 e. The molecule has 3 nitrogen and oxygen atoms in total. The molecule has 3 heteroatoms. The Balaban J connectivity index is 1.83. The molecule has 2 rings (SSSR count). The van der Waals surface area contributed by atoms with Crippen molar-refractivity contribution in [2.24, 2.45) is 5.92 Å². The predicted octanol–water partition coefficient (Wildman–Crippen LogP) is 1.55. The van der Waals surface area contributed by atoms with Gasteiger partial charge < -0.3 is 10.0 Å². The summed E-state index contributed by atoms with van der Waals surface area (Å²) >= 11 is 0. The van der Waals surface area contributed by atoms with Gasteiger partial charge in [-0.25, -0.2) is 0 Å². The number of amides is 1. The summed E-state index contributed by atoms with van der Waals surface area (Å²) in [5, 5.41) is 9.15. The molecule has 15 heavy (non-hydrogen) atoms. The average Bonchev–Trinajstić information content (AvgIpc) is 2.86. The van der Waals surface area contributed by atoms with Crippen molar-refractivity contribution in [1.29, 1.82) is 0 Å². The van der Waals surface area contributed by atoms with Crippen molar-refractivity contribution in [3.05, 3.63) is 0 Å². The molecule has 0 spiro atoms. The van der Waals surface area contributed by atoms with Gasteiger partial charge in [0, 0.05) is 13.0 Å². The zero-order chi connectivity index (χ0) is 10.7. The fourth-order valence-electron chi connectivity index (χ4n) is 2.93. The van der Waals surface area contributed by atoms with Crippen molar-refractivity contribution >= 4 is 5.91 Å². The second kappa shape index (κ2) is 4.97. The molecular weight excluding hydrogens is 190 g/mol. The molecule has 0 bridgehead atoms. The van der Waals surface area contributed by atoms with Gasteiger partial charge in [-0.1, -0.05) is 12.8 Å². The Bertz CT molecular complexity index is 224.